The van der Waals surface area contributed by atoms with Crippen LogP contribution in [0.4, 0.5) is 0 Å². The number of amides is 1. The molecule has 1 saturated heterocycles. The van der Waals surface area contributed by atoms with E-state index in [2.05, 4.69) is 19.1 Å². The first-order chi connectivity index (χ1) is 9.56. The van der Waals surface area contributed by atoms with Crippen molar-refractivity contribution in [2.45, 2.75) is 32.1 Å². The standard InChI is InChI=1S/C15H19NO3S/c1-9-4-5-13(20-9)11-7-12(11)14(17)16-6-2-3-10(8-16)15(18)19/h4-5,10-12H,2-3,6-8H2,1H3,(H,18,19)/t10-,11-,12-/m1/s1. The van der Waals surface area contributed by atoms with E-state index in [9.17, 15) is 9.59 Å². The number of hydrogen-bond acceptors (Lipinski definition) is 3. The third kappa shape index (κ3) is 2.59. The second kappa shape index (κ2) is 5.20. The second-order valence-electron chi connectivity index (χ2n) is 5.86. The number of thiophene rings is 1. The highest BCUT2D eigenvalue weighted by Crippen LogP contribution is 2.50. The Morgan fingerprint density at radius 3 is 2.85 bits per heavy atom. The molecule has 2 heterocycles. The van der Waals surface area contributed by atoms with Crippen molar-refractivity contribution in [1.29, 1.82) is 0 Å². The van der Waals surface area contributed by atoms with Crippen LogP contribution < -0.4 is 0 Å². The lowest BCUT2D eigenvalue weighted by atomic mass is 9.98. The fraction of sp³-hybridized carbons (Fsp3) is 0.600. The Balaban J connectivity index is 1.61. The molecule has 108 valence electrons. The molecule has 2 fully saturated rings. The lowest BCUT2D eigenvalue weighted by Crippen LogP contribution is -2.43. The highest BCUT2D eigenvalue weighted by atomic mass is 32.1. The monoisotopic (exact) mass is 293 g/mol. The third-order valence-electron chi connectivity index (χ3n) is 4.32. The van der Waals surface area contributed by atoms with Crippen LogP contribution in [-0.4, -0.2) is 35.0 Å². The first kappa shape index (κ1) is 13.6. The fourth-order valence-electron chi connectivity index (χ4n) is 3.05. The number of nitrogens with zero attached hydrogens (tertiary/aromatic N) is 1. The van der Waals surface area contributed by atoms with Gasteiger partial charge in [0.15, 0.2) is 0 Å². The molecule has 4 nitrogen and oxygen atoms in total. The fourth-order valence-corrected chi connectivity index (χ4v) is 4.10. The molecule has 20 heavy (non-hydrogen) atoms. The zero-order chi connectivity index (χ0) is 14.3. The number of aryl methyl sites for hydroxylation is 1. The summed E-state index contributed by atoms with van der Waals surface area (Å²) in [6.07, 6.45) is 2.42. The Morgan fingerprint density at radius 2 is 2.20 bits per heavy atom. The Labute approximate surface area is 122 Å². The Kier molecular flexibility index (Phi) is 3.54. The van der Waals surface area contributed by atoms with Crippen molar-refractivity contribution >= 4 is 23.2 Å². The number of carboxylic acids is 1. The predicted octanol–water partition coefficient (Wildman–Crippen LogP) is 2.48. The SMILES string of the molecule is Cc1ccc([C@@H]2C[C@H]2C(=O)N2CCC[C@@H](C(=O)O)C2)s1. The number of aliphatic carboxylic acids is 1. The first-order valence-electron chi connectivity index (χ1n) is 7.14. The summed E-state index contributed by atoms with van der Waals surface area (Å²) in [7, 11) is 0. The number of hydrogen-bond donors (Lipinski definition) is 1. The molecule has 0 unspecified atom stereocenters. The van der Waals surface area contributed by atoms with Crippen LogP contribution in [0.2, 0.25) is 0 Å². The summed E-state index contributed by atoms with van der Waals surface area (Å²) in [6.45, 7) is 3.19. The summed E-state index contributed by atoms with van der Waals surface area (Å²) in [5.74, 6) is -0.545. The molecule has 0 spiro atoms. The van der Waals surface area contributed by atoms with Crippen molar-refractivity contribution < 1.29 is 14.7 Å². The number of carbonyl (C=O) groups is 2. The molecule has 5 heteroatoms. The van der Waals surface area contributed by atoms with Gasteiger partial charge in [-0.25, -0.2) is 0 Å². The molecule has 3 rings (SSSR count). The molecule has 3 atom stereocenters. The van der Waals surface area contributed by atoms with E-state index in [1.807, 2.05) is 0 Å². The van der Waals surface area contributed by atoms with Gasteiger partial charge < -0.3 is 10.0 Å². The van der Waals surface area contributed by atoms with E-state index >= 15 is 0 Å². The summed E-state index contributed by atoms with van der Waals surface area (Å²) in [4.78, 5) is 27.9. The van der Waals surface area contributed by atoms with Crippen LogP contribution in [0.25, 0.3) is 0 Å². The van der Waals surface area contributed by atoms with Gasteiger partial charge in [-0.15, -0.1) is 11.3 Å². The van der Waals surface area contributed by atoms with Gasteiger partial charge in [0, 0.05) is 34.7 Å². The Hall–Kier alpha value is -1.36. The molecular formula is C15H19NO3S. The summed E-state index contributed by atoms with van der Waals surface area (Å²) < 4.78 is 0. The van der Waals surface area contributed by atoms with Crippen LogP contribution in [0.5, 0.6) is 0 Å². The van der Waals surface area contributed by atoms with Gasteiger partial charge in [0.1, 0.15) is 0 Å². The number of piperidine rings is 1. The minimum Gasteiger partial charge on any atom is -0.481 e. The lowest BCUT2D eigenvalue weighted by Gasteiger charge is -2.31. The van der Waals surface area contributed by atoms with Crippen molar-refractivity contribution in [3.8, 4) is 0 Å². The van der Waals surface area contributed by atoms with E-state index in [1.165, 1.54) is 9.75 Å². The first-order valence-corrected chi connectivity index (χ1v) is 7.96. The molecule has 0 radical (unpaired) electrons. The van der Waals surface area contributed by atoms with Crippen molar-refractivity contribution in [3.05, 3.63) is 21.9 Å². The molecule has 1 aliphatic carbocycles. The van der Waals surface area contributed by atoms with Crippen molar-refractivity contribution in [2.75, 3.05) is 13.1 Å². The van der Waals surface area contributed by atoms with E-state index in [-0.39, 0.29) is 17.7 Å². The zero-order valence-electron chi connectivity index (χ0n) is 11.5. The smallest absolute Gasteiger partial charge is 0.308 e. The van der Waals surface area contributed by atoms with Crippen molar-refractivity contribution in [1.82, 2.24) is 4.90 Å². The van der Waals surface area contributed by atoms with Gasteiger partial charge in [0.2, 0.25) is 5.91 Å². The van der Waals surface area contributed by atoms with Crippen LogP contribution in [0.3, 0.4) is 0 Å². The topological polar surface area (TPSA) is 57.6 Å². The van der Waals surface area contributed by atoms with Crippen LogP contribution >= 0.6 is 11.3 Å². The molecule has 1 aliphatic heterocycles. The Bertz CT molecular complexity index is 539. The van der Waals surface area contributed by atoms with E-state index in [1.54, 1.807) is 16.2 Å². The molecule has 1 N–H and O–H groups in total. The summed E-state index contributed by atoms with van der Waals surface area (Å²) in [5, 5.41) is 9.09. The molecule has 1 aromatic heterocycles. The van der Waals surface area contributed by atoms with Crippen LogP contribution in [-0.2, 0) is 9.59 Å². The molecule has 1 saturated carbocycles. The highest BCUT2D eigenvalue weighted by Gasteiger charge is 2.47. The minimum atomic E-state index is -0.774. The van der Waals surface area contributed by atoms with Gasteiger partial charge in [-0.1, -0.05) is 0 Å². The van der Waals surface area contributed by atoms with Gasteiger partial charge in [-0.3, -0.25) is 9.59 Å². The molecule has 0 bridgehead atoms. The van der Waals surface area contributed by atoms with Gasteiger partial charge in [-0.05, 0) is 38.3 Å². The highest BCUT2D eigenvalue weighted by molar-refractivity contribution is 7.12. The minimum absolute atomic E-state index is 0.0839. The third-order valence-corrected chi connectivity index (χ3v) is 5.45. The van der Waals surface area contributed by atoms with E-state index in [0.717, 1.165) is 19.4 Å². The molecule has 0 aromatic carbocycles. The number of rotatable bonds is 3. The maximum Gasteiger partial charge on any atom is 0.308 e. The van der Waals surface area contributed by atoms with Gasteiger partial charge in [0.25, 0.3) is 0 Å². The van der Waals surface area contributed by atoms with Crippen molar-refractivity contribution in [2.24, 2.45) is 11.8 Å². The quantitative estimate of drug-likeness (QED) is 0.931. The lowest BCUT2D eigenvalue weighted by molar-refractivity contribution is -0.146. The number of likely N-dealkylation sites (tertiary alicyclic amines) is 1. The van der Waals surface area contributed by atoms with Gasteiger partial charge >= 0.3 is 5.97 Å². The average Bonchev–Trinajstić information content (AvgIpc) is 3.13. The largest absolute Gasteiger partial charge is 0.481 e. The maximum absolute atomic E-state index is 12.5. The Morgan fingerprint density at radius 1 is 1.40 bits per heavy atom. The van der Waals surface area contributed by atoms with E-state index < -0.39 is 5.97 Å². The molecular weight excluding hydrogens is 274 g/mol. The molecule has 1 aromatic rings. The molecule has 1 amide bonds. The van der Waals surface area contributed by atoms with E-state index in [4.69, 9.17) is 5.11 Å². The molecule has 2 aliphatic rings. The van der Waals surface area contributed by atoms with Crippen LogP contribution in [0.1, 0.15) is 34.9 Å². The zero-order valence-corrected chi connectivity index (χ0v) is 12.4. The summed E-state index contributed by atoms with van der Waals surface area (Å²) in [5.41, 5.74) is 0. The normalized spacial score (nSPS) is 29.2. The average molecular weight is 293 g/mol. The second-order valence-corrected chi connectivity index (χ2v) is 7.18. The van der Waals surface area contributed by atoms with Crippen LogP contribution in [0.15, 0.2) is 12.1 Å². The summed E-state index contributed by atoms with van der Waals surface area (Å²) >= 11 is 1.77. The van der Waals surface area contributed by atoms with Gasteiger partial charge in [0.05, 0.1) is 5.92 Å². The van der Waals surface area contributed by atoms with Gasteiger partial charge in [-0.2, -0.15) is 0 Å². The summed E-state index contributed by atoms with van der Waals surface area (Å²) in [6, 6.07) is 4.22. The number of carboxylic acid groups (broad SMARTS) is 1. The van der Waals surface area contributed by atoms with Crippen molar-refractivity contribution in [3.63, 3.8) is 0 Å². The van der Waals surface area contributed by atoms with Crippen LogP contribution in [0, 0.1) is 18.8 Å². The predicted molar refractivity (Wildman–Crippen MR) is 76.8 cm³/mol. The van der Waals surface area contributed by atoms with E-state index in [0.29, 0.717) is 18.9 Å². The number of carbonyl (C=O) groups excluding carboxylic acids is 1. The maximum atomic E-state index is 12.5.